The summed E-state index contributed by atoms with van der Waals surface area (Å²) in [7, 11) is 1.67. The van der Waals surface area contributed by atoms with E-state index >= 15 is 0 Å². The molecular formula is C17H29FIN3O2. The fourth-order valence-electron chi connectivity index (χ4n) is 1.88. The van der Waals surface area contributed by atoms with E-state index in [1.807, 2.05) is 6.92 Å². The highest BCUT2D eigenvalue weighted by Crippen LogP contribution is 2.03. The summed E-state index contributed by atoms with van der Waals surface area (Å²) >= 11 is 0. The highest BCUT2D eigenvalue weighted by molar-refractivity contribution is 14.0. The molecule has 0 spiro atoms. The zero-order chi connectivity index (χ0) is 16.8. The Hall–Kier alpha value is -0.930. The minimum atomic E-state index is -0.226. The van der Waals surface area contributed by atoms with Crippen molar-refractivity contribution in [1.29, 1.82) is 0 Å². The number of methoxy groups -OCH3 is 1. The van der Waals surface area contributed by atoms with Crippen molar-refractivity contribution in [3.63, 3.8) is 0 Å². The molecular weight excluding hydrogens is 424 g/mol. The second-order valence-corrected chi connectivity index (χ2v) is 5.06. The van der Waals surface area contributed by atoms with Crippen molar-refractivity contribution in [2.45, 2.75) is 26.3 Å². The van der Waals surface area contributed by atoms with E-state index in [0.29, 0.717) is 19.8 Å². The molecule has 0 aromatic heterocycles. The molecule has 0 fully saturated rings. The summed E-state index contributed by atoms with van der Waals surface area (Å²) in [6.45, 7) is 6.21. The number of hydrogen-bond acceptors (Lipinski definition) is 3. The average Bonchev–Trinajstić information content (AvgIpc) is 2.56. The molecule has 1 rings (SSSR count). The first-order valence-electron chi connectivity index (χ1n) is 8.09. The van der Waals surface area contributed by atoms with Crippen molar-refractivity contribution in [1.82, 2.24) is 10.6 Å². The van der Waals surface area contributed by atoms with Gasteiger partial charge in [0.25, 0.3) is 0 Å². The zero-order valence-electron chi connectivity index (χ0n) is 14.5. The van der Waals surface area contributed by atoms with Gasteiger partial charge in [-0.05, 0) is 37.5 Å². The van der Waals surface area contributed by atoms with Crippen molar-refractivity contribution < 1.29 is 13.9 Å². The maximum atomic E-state index is 12.9. The van der Waals surface area contributed by atoms with Gasteiger partial charge in [-0.1, -0.05) is 12.1 Å². The van der Waals surface area contributed by atoms with Crippen LogP contribution < -0.4 is 10.6 Å². The van der Waals surface area contributed by atoms with Crippen LogP contribution in [-0.2, 0) is 16.0 Å². The van der Waals surface area contributed by atoms with Gasteiger partial charge >= 0.3 is 0 Å². The van der Waals surface area contributed by atoms with E-state index in [1.165, 1.54) is 12.1 Å². The van der Waals surface area contributed by atoms with Crippen LogP contribution in [0.15, 0.2) is 29.3 Å². The highest BCUT2D eigenvalue weighted by Gasteiger charge is 1.98. The number of aliphatic imine (C=N–C) groups is 1. The number of hydrogen-bond donors (Lipinski definition) is 2. The second-order valence-electron chi connectivity index (χ2n) is 5.06. The molecule has 24 heavy (non-hydrogen) atoms. The van der Waals surface area contributed by atoms with Crippen molar-refractivity contribution in [3.8, 4) is 0 Å². The largest absolute Gasteiger partial charge is 0.382 e. The van der Waals surface area contributed by atoms with E-state index in [4.69, 9.17) is 9.47 Å². The number of ether oxygens (including phenoxy) is 2. The Labute approximate surface area is 161 Å². The molecule has 0 atom stereocenters. The molecule has 1 aromatic carbocycles. The summed E-state index contributed by atoms with van der Waals surface area (Å²) in [5.74, 6) is 0.549. The van der Waals surface area contributed by atoms with Crippen molar-refractivity contribution in [2.24, 2.45) is 4.99 Å². The van der Waals surface area contributed by atoms with Gasteiger partial charge in [0.2, 0.25) is 0 Å². The van der Waals surface area contributed by atoms with Crippen LogP contribution >= 0.6 is 24.0 Å². The van der Waals surface area contributed by atoms with Crippen LogP contribution in [0.4, 0.5) is 4.39 Å². The van der Waals surface area contributed by atoms with Gasteiger partial charge in [-0.25, -0.2) is 9.38 Å². The minimum Gasteiger partial charge on any atom is -0.382 e. The predicted octanol–water partition coefficient (Wildman–Crippen LogP) is 2.94. The fourth-order valence-corrected chi connectivity index (χ4v) is 1.88. The third-order valence-corrected chi connectivity index (χ3v) is 3.12. The normalized spacial score (nSPS) is 11.0. The van der Waals surface area contributed by atoms with Gasteiger partial charge in [-0.15, -0.1) is 24.0 Å². The molecule has 0 aliphatic heterocycles. The van der Waals surface area contributed by atoms with E-state index < -0.39 is 0 Å². The molecule has 0 aliphatic carbocycles. The quantitative estimate of drug-likeness (QED) is 0.234. The molecule has 0 bridgehead atoms. The summed E-state index contributed by atoms with van der Waals surface area (Å²) in [6.07, 6.45) is 2.00. The van der Waals surface area contributed by atoms with Crippen LogP contribution in [0.5, 0.6) is 0 Å². The lowest BCUT2D eigenvalue weighted by Crippen LogP contribution is -2.37. The van der Waals surface area contributed by atoms with E-state index in [-0.39, 0.29) is 29.8 Å². The summed E-state index contributed by atoms with van der Waals surface area (Å²) in [4.78, 5) is 4.50. The van der Waals surface area contributed by atoms with Crippen molar-refractivity contribution >= 4 is 29.9 Å². The molecule has 0 heterocycles. The lowest BCUT2D eigenvalue weighted by molar-refractivity contribution is 0.0689. The number of unbranched alkanes of at least 4 members (excludes halogenated alkanes) is 1. The first-order chi connectivity index (χ1) is 11.3. The topological polar surface area (TPSA) is 54.9 Å². The summed E-state index contributed by atoms with van der Waals surface area (Å²) in [5, 5.41) is 6.49. The number of rotatable bonds is 11. The molecule has 0 aliphatic rings. The molecule has 5 nitrogen and oxygen atoms in total. The van der Waals surface area contributed by atoms with E-state index in [0.717, 1.165) is 44.1 Å². The van der Waals surface area contributed by atoms with Crippen LogP contribution in [0.25, 0.3) is 0 Å². The van der Waals surface area contributed by atoms with Gasteiger partial charge in [-0.2, -0.15) is 0 Å². The highest BCUT2D eigenvalue weighted by atomic mass is 127. The predicted molar refractivity (Wildman–Crippen MR) is 107 cm³/mol. The van der Waals surface area contributed by atoms with Gasteiger partial charge in [-0.3, -0.25) is 0 Å². The zero-order valence-corrected chi connectivity index (χ0v) is 16.8. The van der Waals surface area contributed by atoms with Crippen LogP contribution in [0.2, 0.25) is 0 Å². The second kappa shape index (κ2) is 15.6. The first-order valence-corrected chi connectivity index (χ1v) is 8.09. The lowest BCUT2D eigenvalue weighted by atomic mass is 10.2. The van der Waals surface area contributed by atoms with Gasteiger partial charge in [0, 0.05) is 26.8 Å². The summed E-state index contributed by atoms with van der Waals surface area (Å²) in [6, 6.07) is 6.41. The Balaban J connectivity index is 0.00000529. The number of halogens is 2. The number of benzene rings is 1. The standard InChI is InChI=1S/C17H28FN3O2.HI/c1-3-19-17(20-10-4-5-11-23-13-12-22-2)21-14-15-6-8-16(18)9-7-15;/h6-9H,3-5,10-14H2,1-2H3,(H2,19,20,21);1H. The van der Waals surface area contributed by atoms with E-state index in [2.05, 4.69) is 15.6 Å². The molecule has 0 amide bonds. The first kappa shape index (κ1) is 23.1. The van der Waals surface area contributed by atoms with E-state index in [1.54, 1.807) is 19.2 Å². The van der Waals surface area contributed by atoms with Gasteiger partial charge in [0.15, 0.2) is 5.96 Å². The SMILES string of the molecule is CCNC(=NCc1ccc(F)cc1)NCCCCOCCOC.I. The van der Waals surface area contributed by atoms with Gasteiger partial charge < -0.3 is 20.1 Å². The molecule has 0 saturated carbocycles. The van der Waals surface area contributed by atoms with Crippen LogP contribution in [0.3, 0.4) is 0 Å². The lowest BCUT2D eigenvalue weighted by Gasteiger charge is -2.11. The molecule has 0 saturated heterocycles. The van der Waals surface area contributed by atoms with Crippen LogP contribution in [-0.4, -0.2) is 46.0 Å². The molecule has 1 aromatic rings. The molecule has 0 radical (unpaired) electrons. The third kappa shape index (κ3) is 11.6. The molecule has 2 N–H and O–H groups in total. The number of nitrogens with one attached hydrogen (secondary N) is 2. The Bertz CT molecular complexity index is 444. The third-order valence-electron chi connectivity index (χ3n) is 3.12. The van der Waals surface area contributed by atoms with Crippen LogP contribution in [0.1, 0.15) is 25.3 Å². The van der Waals surface area contributed by atoms with Crippen molar-refractivity contribution in [3.05, 3.63) is 35.6 Å². The molecule has 7 heteroatoms. The van der Waals surface area contributed by atoms with Gasteiger partial charge in [0.05, 0.1) is 19.8 Å². The monoisotopic (exact) mass is 453 g/mol. The van der Waals surface area contributed by atoms with Crippen LogP contribution in [0, 0.1) is 5.82 Å². The van der Waals surface area contributed by atoms with E-state index in [9.17, 15) is 4.39 Å². The maximum Gasteiger partial charge on any atom is 0.191 e. The number of nitrogens with zero attached hydrogens (tertiary/aromatic N) is 1. The summed E-state index contributed by atoms with van der Waals surface area (Å²) < 4.78 is 23.2. The minimum absolute atomic E-state index is 0. The molecule has 0 unspecified atom stereocenters. The smallest absolute Gasteiger partial charge is 0.191 e. The fraction of sp³-hybridized carbons (Fsp3) is 0.588. The van der Waals surface area contributed by atoms with Gasteiger partial charge in [0.1, 0.15) is 5.82 Å². The molecule has 138 valence electrons. The van der Waals surface area contributed by atoms with Crippen molar-refractivity contribution in [2.75, 3.05) is 40.0 Å². The summed E-state index contributed by atoms with van der Waals surface area (Å²) in [5.41, 5.74) is 0.982. The maximum absolute atomic E-state index is 12.9. The number of guanidine groups is 1. The Morgan fingerprint density at radius 1 is 1.08 bits per heavy atom. The Morgan fingerprint density at radius 2 is 1.83 bits per heavy atom. The average molecular weight is 453 g/mol. The Kier molecular flexibility index (Phi) is 15.0. The Morgan fingerprint density at radius 3 is 2.50 bits per heavy atom.